The van der Waals surface area contributed by atoms with Gasteiger partial charge < -0.3 is 15.5 Å². The summed E-state index contributed by atoms with van der Waals surface area (Å²) < 4.78 is 1.95. The third kappa shape index (κ3) is 4.09. The van der Waals surface area contributed by atoms with Crippen molar-refractivity contribution in [2.24, 2.45) is 7.05 Å². The van der Waals surface area contributed by atoms with Crippen molar-refractivity contribution < 1.29 is 4.79 Å². The third-order valence-electron chi connectivity index (χ3n) is 5.31. The van der Waals surface area contributed by atoms with Crippen LogP contribution in [0.1, 0.15) is 62.6 Å². The van der Waals surface area contributed by atoms with E-state index in [0.717, 1.165) is 26.1 Å². The summed E-state index contributed by atoms with van der Waals surface area (Å²) in [6, 6.07) is 0.443. The van der Waals surface area contributed by atoms with Crippen LogP contribution in [-0.4, -0.2) is 46.4 Å². The summed E-state index contributed by atoms with van der Waals surface area (Å²) in [6.45, 7) is 5.14. The summed E-state index contributed by atoms with van der Waals surface area (Å²) in [7, 11) is 2.02. The van der Waals surface area contributed by atoms with Crippen LogP contribution in [0.25, 0.3) is 0 Å². The molecule has 2 heterocycles. The van der Waals surface area contributed by atoms with Crippen molar-refractivity contribution in [1.29, 1.82) is 0 Å². The van der Waals surface area contributed by atoms with E-state index in [1.54, 1.807) is 0 Å². The molecule has 134 valence electrons. The molecule has 0 spiro atoms. The average molecular weight is 333 g/mol. The maximum absolute atomic E-state index is 11.9. The van der Waals surface area contributed by atoms with Gasteiger partial charge in [0.05, 0.1) is 5.69 Å². The highest BCUT2D eigenvalue weighted by Crippen LogP contribution is 2.33. The molecule has 1 atom stereocenters. The minimum atomic E-state index is 0.0612. The number of nitrogens with zero attached hydrogens (tertiary/aromatic N) is 3. The Balaban J connectivity index is 1.54. The normalized spacial score (nSPS) is 22.1. The molecule has 2 amide bonds. The largest absolute Gasteiger partial charge is 0.338 e. The van der Waals surface area contributed by atoms with Gasteiger partial charge in [0, 0.05) is 56.9 Å². The second kappa shape index (κ2) is 8.01. The lowest BCUT2D eigenvalue weighted by atomic mass is 9.85. The maximum atomic E-state index is 11.9. The lowest BCUT2D eigenvalue weighted by molar-refractivity contribution is 0.208. The number of likely N-dealkylation sites (tertiary alicyclic amines) is 1. The number of aromatic nitrogens is 2. The number of hydrogen-bond acceptors (Lipinski definition) is 3. The molecule has 1 aromatic rings. The summed E-state index contributed by atoms with van der Waals surface area (Å²) in [6.07, 6.45) is 9.77. The number of amides is 2. The fourth-order valence-corrected chi connectivity index (χ4v) is 4.04. The van der Waals surface area contributed by atoms with E-state index in [1.807, 2.05) is 23.6 Å². The minimum Gasteiger partial charge on any atom is -0.338 e. The Hall–Kier alpha value is -1.56. The first-order valence-corrected chi connectivity index (χ1v) is 9.46. The van der Waals surface area contributed by atoms with Gasteiger partial charge >= 0.3 is 6.03 Å². The van der Waals surface area contributed by atoms with Crippen molar-refractivity contribution in [3.05, 3.63) is 17.5 Å². The lowest BCUT2D eigenvalue weighted by Gasteiger charge is -2.21. The molecule has 0 aromatic carbocycles. The standard InChI is InChI=1S/C18H31N5O/c1-3-19-18(24)23-10-9-16(13-23)20-11-15-12-22(2)21-17(15)14-7-5-4-6-8-14/h12,14,16,20H,3-11,13H2,1-2H3,(H,19,24)/t16-/m0/s1. The zero-order valence-electron chi connectivity index (χ0n) is 15.1. The molecule has 1 saturated heterocycles. The van der Waals surface area contributed by atoms with Crippen molar-refractivity contribution in [3.8, 4) is 0 Å². The van der Waals surface area contributed by atoms with Gasteiger partial charge in [0.2, 0.25) is 0 Å². The Morgan fingerprint density at radius 3 is 2.83 bits per heavy atom. The molecule has 24 heavy (non-hydrogen) atoms. The molecular formula is C18H31N5O. The number of urea groups is 1. The van der Waals surface area contributed by atoms with E-state index in [2.05, 4.69) is 16.8 Å². The topological polar surface area (TPSA) is 62.2 Å². The Morgan fingerprint density at radius 1 is 1.29 bits per heavy atom. The Kier molecular flexibility index (Phi) is 5.76. The maximum Gasteiger partial charge on any atom is 0.317 e. The first-order valence-electron chi connectivity index (χ1n) is 9.46. The van der Waals surface area contributed by atoms with Crippen molar-refractivity contribution in [1.82, 2.24) is 25.3 Å². The first kappa shape index (κ1) is 17.3. The predicted molar refractivity (Wildman–Crippen MR) is 94.9 cm³/mol. The molecule has 0 bridgehead atoms. The summed E-state index contributed by atoms with van der Waals surface area (Å²) in [5.41, 5.74) is 2.63. The number of hydrogen-bond donors (Lipinski definition) is 2. The van der Waals surface area contributed by atoms with Crippen LogP contribution in [0.15, 0.2) is 6.20 Å². The van der Waals surface area contributed by atoms with Gasteiger partial charge in [-0.05, 0) is 26.2 Å². The molecule has 2 fully saturated rings. The zero-order valence-corrected chi connectivity index (χ0v) is 15.1. The van der Waals surface area contributed by atoms with Gasteiger partial charge in [0.25, 0.3) is 0 Å². The number of nitrogens with one attached hydrogen (secondary N) is 2. The second-order valence-corrected chi connectivity index (χ2v) is 7.20. The predicted octanol–water partition coefficient (Wildman–Crippen LogP) is 2.36. The Bertz CT molecular complexity index is 550. The van der Waals surface area contributed by atoms with Crippen LogP contribution >= 0.6 is 0 Å². The molecule has 2 N–H and O–H groups in total. The lowest BCUT2D eigenvalue weighted by Crippen LogP contribution is -2.40. The van der Waals surface area contributed by atoms with Crippen LogP contribution in [0.2, 0.25) is 0 Å². The molecule has 1 aliphatic carbocycles. The van der Waals surface area contributed by atoms with E-state index in [9.17, 15) is 4.79 Å². The van der Waals surface area contributed by atoms with Gasteiger partial charge in [0.1, 0.15) is 0 Å². The van der Waals surface area contributed by atoms with Crippen molar-refractivity contribution in [3.63, 3.8) is 0 Å². The van der Waals surface area contributed by atoms with Crippen LogP contribution < -0.4 is 10.6 Å². The third-order valence-corrected chi connectivity index (χ3v) is 5.31. The Labute approximate surface area is 145 Å². The SMILES string of the molecule is CCNC(=O)N1CC[C@H](NCc2cn(C)nc2C2CCCCC2)C1. The minimum absolute atomic E-state index is 0.0612. The highest BCUT2D eigenvalue weighted by molar-refractivity contribution is 5.74. The molecular weight excluding hydrogens is 302 g/mol. The van der Waals surface area contributed by atoms with Crippen LogP contribution in [0.3, 0.4) is 0 Å². The molecule has 6 nitrogen and oxygen atoms in total. The van der Waals surface area contributed by atoms with E-state index >= 15 is 0 Å². The molecule has 1 aliphatic heterocycles. The number of rotatable bonds is 5. The van der Waals surface area contributed by atoms with Crippen LogP contribution in [0.4, 0.5) is 4.79 Å². The highest BCUT2D eigenvalue weighted by Gasteiger charge is 2.26. The van der Waals surface area contributed by atoms with E-state index in [4.69, 9.17) is 5.10 Å². The van der Waals surface area contributed by atoms with E-state index in [0.29, 0.717) is 18.5 Å². The number of carbonyl (C=O) groups is 1. The monoisotopic (exact) mass is 333 g/mol. The van der Waals surface area contributed by atoms with Crippen molar-refractivity contribution in [2.45, 2.75) is 64.0 Å². The molecule has 1 saturated carbocycles. The number of aryl methyl sites for hydroxylation is 1. The summed E-state index contributed by atoms with van der Waals surface area (Å²) in [4.78, 5) is 13.8. The Morgan fingerprint density at radius 2 is 2.08 bits per heavy atom. The molecule has 2 aliphatic rings. The van der Waals surface area contributed by atoms with Crippen LogP contribution in [-0.2, 0) is 13.6 Å². The molecule has 0 radical (unpaired) electrons. The quantitative estimate of drug-likeness (QED) is 0.869. The summed E-state index contributed by atoms with van der Waals surface area (Å²) in [5, 5.41) is 11.3. The van der Waals surface area contributed by atoms with Crippen LogP contribution in [0, 0.1) is 0 Å². The highest BCUT2D eigenvalue weighted by atomic mass is 16.2. The van der Waals surface area contributed by atoms with E-state index in [-0.39, 0.29) is 6.03 Å². The molecule has 6 heteroatoms. The van der Waals surface area contributed by atoms with Gasteiger partial charge in [0.15, 0.2) is 0 Å². The molecule has 3 rings (SSSR count). The van der Waals surface area contributed by atoms with Gasteiger partial charge in [-0.3, -0.25) is 4.68 Å². The average Bonchev–Trinajstić information content (AvgIpc) is 3.20. The van der Waals surface area contributed by atoms with Gasteiger partial charge in [-0.1, -0.05) is 19.3 Å². The number of carbonyl (C=O) groups excluding carboxylic acids is 1. The van der Waals surface area contributed by atoms with E-state index < -0.39 is 0 Å². The first-order chi connectivity index (χ1) is 11.7. The van der Waals surface area contributed by atoms with E-state index in [1.165, 1.54) is 43.4 Å². The van der Waals surface area contributed by atoms with Crippen LogP contribution in [0.5, 0.6) is 0 Å². The fraction of sp³-hybridized carbons (Fsp3) is 0.778. The van der Waals surface area contributed by atoms with Crippen molar-refractivity contribution >= 4 is 6.03 Å². The van der Waals surface area contributed by atoms with Gasteiger partial charge in [-0.25, -0.2) is 4.79 Å². The fourth-order valence-electron chi connectivity index (χ4n) is 4.04. The summed E-state index contributed by atoms with van der Waals surface area (Å²) >= 11 is 0. The molecule has 0 unspecified atom stereocenters. The smallest absolute Gasteiger partial charge is 0.317 e. The summed E-state index contributed by atoms with van der Waals surface area (Å²) in [5.74, 6) is 0.632. The van der Waals surface area contributed by atoms with Gasteiger partial charge in [-0.2, -0.15) is 5.10 Å². The second-order valence-electron chi connectivity index (χ2n) is 7.20. The molecule has 1 aromatic heterocycles. The zero-order chi connectivity index (χ0) is 16.9. The van der Waals surface area contributed by atoms with Crippen molar-refractivity contribution in [2.75, 3.05) is 19.6 Å². The van der Waals surface area contributed by atoms with Gasteiger partial charge in [-0.15, -0.1) is 0 Å².